The molecule has 0 aliphatic carbocycles. The van der Waals surface area contributed by atoms with Crippen molar-refractivity contribution in [3.8, 4) is 0 Å². The fourth-order valence-corrected chi connectivity index (χ4v) is 7.30. The summed E-state index contributed by atoms with van der Waals surface area (Å²) >= 11 is 0. The third-order valence-corrected chi connectivity index (χ3v) is 9.76. The minimum atomic E-state index is -3.50. The summed E-state index contributed by atoms with van der Waals surface area (Å²) in [6.07, 6.45) is 4.17. The summed E-state index contributed by atoms with van der Waals surface area (Å²) in [5.74, 6) is -0.329. The SMILES string of the molecule is CCS(=O)(=O)n1c2c(c3cc(C(=O)N4CCC[C@H](C(=O)NC)C4)ccc31)CN(C1CCOCC1)CC2. The third-order valence-electron chi connectivity index (χ3n) is 8.05. The molecule has 2 saturated heterocycles. The zero-order valence-corrected chi connectivity index (χ0v) is 22.0. The van der Waals surface area contributed by atoms with Crippen molar-refractivity contribution in [1.82, 2.24) is 19.1 Å². The van der Waals surface area contributed by atoms with Crippen LogP contribution in [0.3, 0.4) is 0 Å². The first-order valence-electron chi connectivity index (χ1n) is 13.1. The average Bonchev–Trinajstić information content (AvgIpc) is 3.26. The van der Waals surface area contributed by atoms with Gasteiger partial charge in [-0.1, -0.05) is 0 Å². The lowest BCUT2D eigenvalue weighted by molar-refractivity contribution is -0.125. The number of carbonyl (C=O) groups excluding carboxylic acids is 2. The summed E-state index contributed by atoms with van der Waals surface area (Å²) in [7, 11) is -1.88. The summed E-state index contributed by atoms with van der Waals surface area (Å²) < 4.78 is 33.4. The molecule has 4 heterocycles. The van der Waals surface area contributed by atoms with Gasteiger partial charge in [-0.15, -0.1) is 0 Å². The lowest BCUT2D eigenvalue weighted by atomic mass is 9.96. The van der Waals surface area contributed by atoms with Crippen LogP contribution in [0.25, 0.3) is 10.9 Å². The maximum absolute atomic E-state index is 13.5. The van der Waals surface area contributed by atoms with Gasteiger partial charge in [0.25, 0.3) is 5.91 Å². The third kappa shape index (κ3) is 4.54. The molecular weight excluding hydrogens is 480 g/mol. The Kier molecular flexibility index (Phi) is 7.11. The van der Waals surface area contributed by atoms with Crippen LogP contribution in [0.1, 0.15) is 54.2 Å². The van der Waals surface area contributed by atoms with Crippen molar-refractivity contribution >= 4 is 32.7 Å². The zero-order chi connectivity index (χ0) is 25.4. The number of nitrogens with zero attached hydrogens (tertiary/aromatic N) is 3. The molecule has 0 radical (unpaired) electrons. The van der Waals surface area contributed by atoms with E-state index in [4.69, 9.17) is 4.74 Å². The number of nitrogens with one attached hydrogen (secondary N) is 1. The Morgan fingerprint density at radius 3 is 2.64 bits per heavy atom. The van der Waals surface area contributed by atoms with Crippen molar-refractivity contribution in [3.63, 3.8) is 0 Å². The molecule has 0 bridgehead atoms. The van der Waals surface area contributed by atoms with Crippen LogP contribution < -0.4 is 5.32 Å². The van der Waals surface area contributed by atoms with Crippen LogP contribution in [-0.2, 0) is 32.5 Å². The number of aromatic nitrogens is 1. The molecule has 10 heteroatoms. The molecule has 3 aliphatic rings. The fourth-order valence-electron chi connectivity index (χ4n) is 6.04. The van der Waals surface area contributed by atoms with E-state index in [1.54, 1.807) is 31.0 Å². The lowest BCUT2D eigenvalue weighted by Crippen LogP contribution is -2.44. The Hall–Kier alpha value is -2.43. The predicted molar refractivity (Wildman–Crippen MR) is 137 cm³/mol. The van der Waals surface area contributed by atoms with Crippen LogP contribution in [0.2, 0.25) is 0 Å². The molecule has 2 fully saturated rings. The molecule has 1 aromatic heterocycles. The number of rotatable bonds is 5. The molecule has 2 amide bonds. The van der Waals surface area contributed by atoms with Crippen LogP contribution in [0.5, 0.6) is 0 Å². The molecule has 196 valence electrons. The van der Waals surface area contributed by atoms with E-state index in [1.165, 1.54) is 3.97 Å². The standard InChI is InChI=1S/C26H36N4O5S/c1-3-36(33,34)30-23-7-6-18(26(32)29-11-4-5-19(16-29)25(31)27-2)15-21(23)22-17-28(12-8-24(22)30)20-9-13-35-14-10-20/h6-7,15,19-20H,3-5,8-14,16-17H2,1-2H3,(H,27,31)/t19-/m0/s1. The summed E-state index contributed by atoms with van der Waals surface area (Å²) in [6, 6.07) is 5.81. The Morgan fingerprint density at radius 1 is 1.14 bits per heavy atom. The minimum Gasteiger partial charge on any atom is -0.381 e. The lowest BCUT2D eigenvalue weighted by Gasteiger charge is -2.37. The van der Waals surface area contributed by atoms with Gasteiger partial charge in [-0.2, -0.15) is 0 Å². The van der Waals surface area contributed by atoms with E-state index in [-0.39, 0.29) is 23.5 Å². The quantitative estimate of drug-likeness (QED) is 0.652. The zero-order valence-electron chi connectivity index (χ0n) is 21.2. The van der Waals surface area contributed by atoms with E-state index >= 15 is 0 Å². The first kappa shape index (κ1) is 25.2. The number of likely N-dealkylation sites (tertiary alicyclic amines) is 1. The summed E-state index contributed by atoms with van der Waals surface area (Å²) in [5.41, 5.74) is 3.04. The van der Waals surface area contributed by atoms with Crippen LogP contribution in [0.15, 0.2) is 18.2 Å². The van der Waals surface area contributed by atoms with Gasteiger partial charge in [0.1, 0.15) is 0 Å². The molecule has 1 N–H and O–H groups in total. The highest BCUT2D eigenvalue weighted by atomic mass is 32.2. The Bertz CT molecular complexity index is 1260. The van der Waals surface area contributed by atoms with Gasteiger partial charge >= 0.3 is 0 Å². The van der Waals surface area contributed by atoms with E-state index in [1.807, 2.05) is 6.07 Å². The molecule has 9 nitrogen and oxygen atoms in total. The number of piperidine rings is 1. The molecule has 5 rings (SSSR count). The highest BCUT2D eigenvalue weighted by molar-refractivity contribution is 7.90. The second kappa shape index (κ2) is 10.1. The summed E-state index contributed by atoms with van der Waals surface area (Å²) in [5, 5.41) is 3.53. The molecule has 3 aliphatic heterocycles. The van der Waals surface area contributed by atoms with Gasteiger partial charge < -0.3 is 15.0 Å². The van der Waals surface area contributed by atoms with Crippen LogP contribution in [-0.4, -0.2) is 85.7 Å². The molecule has 1 atom stereocenters. The van der Waals surface area contributed by atoms with E-state index in [0.29, 0.717) is 43.2 Å². The van der Waals surface area contributed by atoms with E-state index in [2.05, 4.69) is 10.2 Å². The topological polar surface area (TPSA) is 101 Å². The Morgan fingerprint density at radius 2 is 1.92 bits per heavy atom. The number of fused-ring (bicyclic) bond motifs is 3. The first-order valence-corrected chi connectivity index (χ1v) is 14.7. The largest absolute Gasteiger partial charge is 0.381 e. The van der Waals surface area contributed by atoms with Crippen molar-refractivity contribution in [2.24, 2.45) is 5.92 Å². The van der Waals surface area contributed by atoms with Crippen molar-refractivity contribution in [2.75, 3.05) is 45.6 Å². The van der Waals surface area contributed by atoms with Crippen molar-refractivity contribution < 1.29 is 22.7 Å². The second-order valence-electron chi connectivity index (χ2n) is 10.1. The molecular formula is C26H36N4O5S. The maximum Gasteiger partial charge on any atom is 0.253 e. The van der Waals surface area contributed by atoms with Crippen molar-refractivity contribution in [1.29, 1.82) is 0 Å². The summed E-state index contributed by atoms with van der Waals surface area (Å²) in [4.78, 5) is 29.9. The minimum absolute atomic E-state index is 0.0161. The van der Waals surface area contributed by atoms with E-state index in [9.17, 15) is 18.0 Å². The Labute approximate surface area is 212 Å². The van der Waals surface area contributed by atoms with Gasteiger partial charge in [0.05, 0.1) is 17.2 Å². The van der Waals surface area contributed by atoms with E-state index < -0.39 is 10.0 Å². The number of ether oxygens (including phenoxy) is 1. The van der Waals surface area contributed by atoms with E-state index in [0.717, 1.165) is 62.1 Å². The number of amides is 2. The molecule has 0 unspecified atom stereocenters. The monoisotopic (exact) mass is 516 g/mol. The van der Waals surface area contributed by atoms with Gasteiger partial charge in [0, 0.05) is 75.5 Å². The van der Waals surface area contributed by atoms with Gasteiger partial charge in [0.2, 0.25) is 15.9 Å². The van der Waals surface area contributed by atoms with Gasteiger partial charge in [-0.05, 0) is 56.4 Å². The maximum atomic E-state index is 13.5. The molecule has 0 spiro atoms. The molecule has 2 aromatic rings. The molecule has 1 aromatic carbocycles. The first-order chi connectivity index (χ1) is 17.3. The highest BCUT2D eigenvalue weighted by Crippen LogP contribution is 2.35. The highest BCUT2D eigenvalue weighted by Gasteiger charge is 2.33. The Balaban J connectivity index is 1.52. The summed E-state index contributed by atoms with van der Waals surface area (Å²) in [6.45, 7) is 5.68. The number of hydrogen-bond acceptors (Lipinski definition) is 6. The van der Waals surface area contributed by atoms with Crippen LogP contribution in [0, 0.1) is 5.92 Å². The normalized spacial score (nSPS) is 21.9. The number of hydrogen-bond donors (Lipinski definition) is 1. The number of benzene rings is 1. The van der Waals surface area contributed by atoms with Gasteiger partial charge in [0.15, 0.2) is 0 Å². The average molecular weight is 517 g/mol. The van der Waals surface area contributed by atoms with Crippen molar-refractivity contribution in [2.45, 2.75) is 51.6 Å². The van der Waals surface area contributed by atoms with Crippen LogP contribution >= 0.6 is 0 Å². The van der Waals surface area contributed by atoms with Gasteiger partial charge in [-0.25, -0.2) is 12.4 Å². The molecule has 0 saturated carbocycles. The molecule has 36 heavy (non-hydrogen) atoms. The van der Waals surface area contributed by atoms with Crippen molar-refractivity contribution in [3.05, 3.63) is 35.0 Å². The number of carbonyl (C=O) groups is 2. The van der Waals surface area contributed by atoms with Crippen LogP contribution in [0.4, 0.5) is 0 Å². The smallest absolute Gasteiger partial charge is 0.253 e. The predicted octanol–water partition coefficient (Wildman–Crippen LogP) is 1.97. The van der Waals surface area contributed by atoms with Gasteiger partial charge in [-0.3, -0.25) is 14.5 Å². The fraction of sp³-hybridized carbons (Fsp3) is 0.615. The second-order valence-corrected chi connectivity index (χ2v) is 12.2.